The van der Waals surface area contributed by atoms with Crippen molar-refractivity contribution in [1.29, 1.82) is 0 Å². The van der Waals surface area contributed by atoms with E-state index >= 15 is 0 Å². The molecule has 3 heteroatoms. The normalized spacial score (nSPS) is 16.3. The van der Waals surface area contributed by atoms with Crippen molar-refractivity contribution < 1.29 is 0 Å². The zero-order chi connectivity index (χ0) is 13.1. The van der Waals surface area contributed by atoms with E-state index in [1.807, 2.05) is 11.3 Å². The van der Waals surface area contributed by atoms with E-state index in [9.17, 15) is 0 Å². The minimum absolute atomic E-state index is 0.444. The summed E-state index contributed by atoms with van der Waals surface area (Å²) in [5.41, 5.74) is 2.67. The molecule has 0 amide bonds. The summed E-state index contributed by atoms with van der Waals surface area (Å²) in [6, 6.07) is 10.8. The Balaban J connectivity index is 1.92. The minimum atomic E-state index is 0.444. The molecular weight excluding hydrogens is 252 g/mol. The van der Waals surface area contributed by atoms with Crippen LogP contribution in [-0.2, 0) is 6.42 Å². The SMILES string of the molecule is CCC(c1ccccc1)c1nc2c(s1)NCCCC2. The first-order valence-electron chi connectivity index (χ1n) is 7.17. The lowest BCUT2D eigenvalue weighted by molar-refractivity contribution is 0.745. The Kier molecular flexibility index (Phi) is 3.83. The van der Waals surface area contributed by atoms with Crippen LogP contribution in [0.5, 0.6) is 0 Å². The van der Waals surface area contributed by atoms with Crippen LogP contribution in [0, 0.1) is 0 Å². The molecule has 3 rings (SSSR count). The Hall–Kier alpha value is -1.35. The number of fused-ring (bicyclic) bond motifs is 1. The number of benzene rings is 1. The van der Waals surface area contributed by atoms with Gasteiger partial charge < -0.3 is 5.32 Å². The first kappa shape index (κ1) is 12.7. The Morgan fingerprint density at radius 2 is 2.11 bits per heavy atom. The monoisotopic (exact) mass is 272 g/mol. The summed E-state index contributed by atoms with van der Waals surface area (Å²) in [5.74, 6) is 0.444. The smallest absolute Gasteiger partial charge is 0.112 e. The van der Waals surface area contributed by atoms with Crippen LogP contribution in [-0.4, -0.2) is 11.5 Å². The van der Waals surface area contributed by atoms with Crippen LogP contribution in [0.1, 0.15) is 48.4 Å². The van der Waals surface area contributed by atoms with Crippen molar-refractivity contribution in [2.75, 3.05) is 11.9 Å². The summed E-state index contributed by atoms with van der Waals surface area (Å²) >= 11 is 1.85. The van der Waals surface area contributed by atoms with E-state index in [1.54, 1.807) is 0 Å². The van der Waals surface area contributed by atoms with E-state index in [0.29, 0.717) is 5.92 Å². The largest absolute Gasteiger partial charge is 0.375 e. The van der Waals surface area contributed by atoms with Gasteiger partial charge in [-0.05, 0) is 31.2 Å². The van der Waals surface area contributed by atoms with Gasteiger partial charge in [0.2, 0.25) is 0 Å². The van der Waals surface area contributed by atoms with Gasteiger partial charge in [-0.3, -0.25) is 0 Å². The van der Waals surface area contributed by atoms with Crippen LogP contribution < -0.4 is 5.32 Å². The number of aryl methyl sites for hydroxylation is 1. The highest BCUT2D eigenvalue weighted by Gasteiger charge is 2.20. The standard InChI is InChI=1S/C16H20N2S/c1-2-13(12-8-4-3-5-9-12)15-18-14-10-6-7-11-17-16(14)19-15/h3-5,8-9,13,17H,2,6-7,10-11H2,1H3. The maximum absolute atomic E-state index is 4.91. The quantitative estimate of drug-likeness (QED) is 0.894. The fourth-order valence-corrected chi connectivity index (χ4v) is 3.93. The predicted molar refractivity (Wildman–Crippen MR) is 82.1 cm³/mol. The molecule has 0 fully saturated rings. The Morgan fingerprint density at radius 3 is 2.89 bits per heavy atom. The molecule has 0 aliphatic carbocycles. The molecule has 100 valence electrons. The highest BCUT2D eigenvalue weighted by atomic mass is 32.1. The first-order chi connectivity index (χ1) is 9.38. The number of nitrogens with zero attached hydrogens (tertiary/aromatic N) is 1. The molecule has 1 aromatic heterocycles. The molecule has 0 spiro atoms. The Morgan fingerprint density at radius 1 is 1.26 bits per heavy atom. The van der Waals surface area contributed by atoms with Gasteiger partial charge in [0.15, 0.2) is 0 Å². The zero-order valence-corrected chi connectivity index (χ0v) is 12.2. The Labute approximate surface area is 118 Å². The molecule has 2 heterocycles. The molecular formula is C16H20N2S. The van der Waals surface area contributed by atoms with E-state index in [4.69, 9.17) is 4.98 Å². The number of hydrogen-bond acceptors (Lipinski definition) is 3. The minimum Gasteiger partial charge on any atom is -0.375 e. The lowest BCUT2D eigenvalue weighted by Gasteiger charge is -2.12. The highest BCUT2D eigenvalue weighted by molar-refractivity contribution is 7.16. The van der Waals surface area contributed by atoms with Crippen LogP contribution >= 0.6 is 11.3 Å². The number of anilines is 1. The number of aromatic nitrogens is 1. The van der Waals surface area contributed by atoms with Crippen molar-refractivity contribution in [1.82, 2.24) is 4.98 Å². The number of thiazole rings is 1. The summed E-state index contributed by atoms with van der Waals surface area (Å²) in [6.45, 7) is 3.34. The molecule has 1 aromatic carbocycles. The second-order valence-electron chi connectivity index (χ2n) is 5.08. The molecule has 2 aromatic rings. The summed E-state index contributed by atoms with van der Waals surface area (Å²) in [4.78, 5) is 4.91. The highest BCUT2D eigenvalue weighted by Crippen LogP contribution is 2.36. The average molecular weight is 272 g/mol. The van der Waals surface area contributed by atoms with E-state index in [2.05, 4.69) is 42.6 Å². The summed E-state index contributed by atoms with van der Waals surface area (Å²) in [7, 11) is 0. The molecule has 2 nitrogen and oxygen atoms in total. The third-order valence-electron chi connectivity index (χ3n) is 3.75. The Bertz CT molecular complexity index is 509. The van der Waals surface area contributed by atoms with Gasteiger partial charge in [0.05, 0.1) is 5.69 Å². The molecule has 1 atom stereocenters. The number of nitrogens with one attached hydrogen (secondary N) is 1. The van der Waals surface area contributed by atoms with Crippen molar-refractivity contribution in [3.8, 4) is 0 Å². The van der Waals surface area contributed by atoms with E-state index in [-0.39, 0.29) is 0 Å². The van der Waals surface area contributed by atoms with Gasteiger partial charge in [-0.25, -0.2) is 4.98 Å². The second-order valence-corrected chi connectivity index (χ2v) is 6.11. The van der Waals surface area contributed by atoms with Gasteiger partial charge in [-0.1, -0.05) is 37.3 Å². The third kappa shape index (κ3) is 2.66. The summed E-state index contributed by atoms with van der Waals surface area (Å²) in [5, 5.41) is 6.11. The fourth-order valence-electron chi connectivity index (χ4n) is 2.68. The first-order valence-corrected chi connectivity index (χ1v) is 7.98. The predicted octanol–water partition coefficient (Wildman–Crippen LogP) is 4.43. The van der Waals surface area contributed by atoms with Crippen molar-refractivity contribution in [3.05, 3.63) is 46.6 Å². The molecule has 19 heavy (non-hydrogen) atoms. The number of rotatable bonds is 3. The van der Waals surface area contributed by atoms with Crippen molar-refractivity contribution in [2.45, 2.75) is 38.5 Å². The molecule has 1 N–H and O–H groups in total. The second kappa shape index (κ2) is 5.74. The number of hydrogen-bond donors (Lipinski definition) is 1. The topological polar surface area (TPSA) is 24.9 Å². The maximum Gasteiger partial charge on any atom is 0.112 e. The van der Waals surface area contributed by atoms with Crippen molar-refractivity contribution in [2.24, 2.45) is 0 Å². The average Bonchev–Trinajstić information content (AvgIpc) is 2.71. The van der Waals surface area contributed by atoms with Crippen LogP contribution in [0.4, 0.5) is 5.00 Å². The summed E-state index contributed by atoms with van der Waals surface area (Å²) in [6.07, 6.45) is 4.75. The van der Waals surface area contributed by atoms with Crippen molar-refractivity contribution in [3.63, 3.8) is 0 Å². The van der Waals surface area contributed by atoms with E-state index in [1.165, 1.54) is 34.1 Å². The van der Waals surface area contributed by atoms with Crippen LogP contribution in [0.3, 0.4) is 0 Å². The molecule has 0 saturated carbocycles. The van der Waals surface area contributed by atoms with Gasteiger partial charge in [-0.2, -0.15) is 0 Å². The zero-order valence-electron chi connectivity index (χ0n) is 11.4. The molecule has 0 bridgehead atoms. The molecule has 1 aliphatic heterocycles. The molecule has 1 aliphatic rings. The van der Waals surface area contributed by atoms with Crippen LogP contribution in [0.15, 0.2) is 30.3 Å². The lowest BCUT2D eigenvalue weighted by Crippen LogP contribution is -1.99. The third-order valence-corrected chi connectivity index (χ3v) is 4.92. The maximum atomic E-state index is 4.91. The molecule has 0 radical (unpaired) electrons. The van der Waals surface area contributed by atoms with Gasteiger partial charge in [0.25, 0.3) is 0 Å². The molecule has 0 saturated heterocycles. The van der Waals surface area contributed by atoms with Gasteiger partial charge in [-0.15, -0.1) is 11.3 Å². The fraction of sp³-hybridized carbons (Fsp3) is 0.438. The van der Waals surface area contributed by atoms with Gasteiger partial charge >= 0.3 is 0 Å². The van der Waals surface area contributed by atoms with E-state index in [0.717, 1.165) is 19.4 Å². The lowest BCUT2D eigenvalue weighted by atomic mass is 9.97. The summed E-state index contributed by atoms with van der Waals surface area (Å²) < 4.78 is 0. The van der Waals surface area contributed by atoms with Crippen LogP contribution in [0.25, 0.3) is 0 Å². The van der Waals surface area contributed by atoms with Crippen molar-refractivity contribution >= 4 is 16.3 Å². The van der Waals surface area contributed by atoms with Gasteiger partial charge in [0.1, 0.15) is 10.0 Å². The molecule has 1 unspecified atom stereocenters. The van der Waals surface area contributed by atoms with E-state index < -0.39 is 0 Å². The van der Waals surface area contributed by atoms with Crippen LogP contribution in [0.2, 0.25) is 0 Å². The van der Waals surface area contributed by atoms with Gasteiger partial charge in [0, 0.05) is 12.5 Å².